The zero-order valence-electron chi connectivity index (χ0n) is 18.6. The number of benzene rings is 2. The summed E-state index contributed by atoms with van der Waals surface area (Å²) < 4.78 is 41.1. The Balaban J connectivity index is 2.14. The lowest BCUT2D eigenvalue weighted by molar-refractivity contribution is -0.141. The van der Waals surface area contributed by atoms with Crippen LogP contribution in [0.25, 0.3) is 5.69 Å². The van der Waals surface area contributed by atoms with Crippen LogP contribution in [-0.2, 0) is 6.18 Å². The van der Waals surface area contributed by atoms with Crippen molar-refractivity contribution in [3.63, 3.8) is 0 Å². The van der Waals surface area contributed by atoms with Gasteiger partial charge in [0.25, 0.3) is 11.8 Å². The number of nitrogens with zero attached hydrogens (tertiary/aromatic N) is 3. The van der Waals surface area contributed by atoms with Crippen LogP contribution in [0.2, 0.25) is 10.0 Å². The second-order valence-corrected chi connectivity index (χ2v) is 8.67. The molecule has 0 spiro atoms. The minimum Gasteiger partial charge on any atom is -0.350 e. The zero-order valence-corrected chi connectivity index (χ0v) is 20.1. The Hall–Kier alpha value is -3.55. The standard InChI is InChI=1S/C23H18Cl2F3N5O2/c1-11(2)30-21(34)15-8-14(24)6-12(3)20(15)31-22(35)18-9-19(23(26,27)28)32-33(18)17-7-13(10-29)4-5-16(17)25/h4-9,11H,1-3H3,(H,30,34)(H,31,35). The fraction of sp³-hybridized carbons (Fsp3) is 0.217. The van der Waals surface area contributed by atoms with Gasteiger partial charge in [-0.15, -0.1) is 0 Å². The molecule has 0 unspecified atom stereocenters. The molecule has 1 aromatic heterocycles. The summed E-state index contributed by atoms with van der Waals surface area (Å²) in [5, 5.41) is 18.1. The molecule has 0 aliphatic heterocycles. The molecule has 2 amide bonds. The van der Waals surface area contributed by atoms with E-state index in [0.717, 1.165) is 0 Å². The molecule has 35 heavy (non-hydrogen) atoms. The van der Waals surface area contributed by atoms with Gasteiger partial charge in [-0.3, -0.25) is 9.59 Å². The van der Waals surface area contributed by atoms with Crippen molar-refractivity contribution in [2.24, 2.45) is 0 Å². The summed E-state index contributed by atoms with van der Waals surface area (Å²) in [6, 6.07) is 8.92. The summed E-state index contributed by atoms with van der Waals surface area (Å²) >= 11 is 12.2. The molecular weight excluding hydrogens is 506 g/mol. The van der Waals surface area contributed by atoms with E-state index < -0.39 is 29.4 Å². The predicted molar refractivity (Wildman–Crippen MR) is 125 cm³/mol. The van der Waals surface area contributed by atoms with Gasteiger partial charge in [0.05, 0.1) is 33.6 Å². The molecular formula is C23H18Cl2F3N5O2. The maximum absolute atomic E-state index is 13.5. The van der Waals surface area contributed by atoms with E-state index in [-0.39, 0.29) is 38.6 Å². The number of anilines is 1. The summed E-state index contributed by atoms with van der Waals surface area (Å²) in [4.78, 5) is 25.9. The van der Waals surface area contributed by atoms with Crippen molar-refractivity contribution in [1.29, 1.82) is 5.26 Å². The van der Waals surface area contributed by atoms with Gasteiger partial charge >= 0.3 is 6.18 Å². The van der Waals surface area contributed by atoms with E-state index in [9.17, 15) is 28.0 Å². The Morgan fingerprint density at radius 1 is 1.11 bits per heavy atom. The molecule has 1 heterocycles. The fourth-order valence-electron chi connectivity index (χ4n) is 3.22. The second-order valence-electron chi connectivity index (χ2n) is 7.83. The number of halogens is 5. The summed E-state index contributed by atoms with van der Waals surface area (Å²) in [6.45, 7) is 5.06. The highest BCUT2D eigenvalue weighted by Crippen LogP contribution is 2.32. The number of alkyl halides is 3. The van der Waals surface area contributed by atoms with E-state index in [2.05, 4.69) is 15.7 Å². The van der Waals surface area contributed by atoms with Crippen LogP contribution < -0.4 is 10.6 Å². The molecule has 0 saturated carbocycles. The highest BCUT2D eigenvalue weighted by Gasteiger charge is 2.36. The highest BCUT2D eigenvalue weighted by atomic mass is 35.5. The molecule has 0 bridgehead atoms. The molecule has 0 saturated heterocycles. The maximum Gasteiger partial charge on any atom is 0.435 e. The first kappa shape index (κ1) is 26.1. The van der Waals surface area contributed by atoms with Crippen LogP contribution in [0.5, 0.6) is 0 Å². The molecule has 0 aliphatic carbocycles. The molecule has 0 aliphatic rings. The summed E-state index contributed by atoms with van der Waals surface area (Å²) in [5.41, 5.74) is -1.35. The number of hydrogen-bond donors (Lipinski definition) is 2. The van der Waals surface area contributed by atoms with E-state index in [1.807, 2.05) is 6.07 Å². The summed E-state index contributed by atoms with van der Waals surface area (Å²) in [7, 11) is 0. The van der Waals surface area contributed by atoms with E-state index in [4.69, 9.17) is 23.2 Å². The number of amides is 2. The van der Waals surface area contributed by atoms with Crippen molar-refractivity contribution in [2.45, 2.75) is 33.0 Å². The van der Waals surface area contributed by atoms with Crippen LogP contribution in [0.15, 0.2) is 36.4 Å². The van der Waals surface area contributed by atoms with Crippen molar-refractivity contribution in [1.82, 2.24) is 15.1 Å². The lowest BCUT2D eigenvalue weighted by Crippen LogP contribution is -2.31. The Morgan fingerprint density at radius 2 is 1.80 bits per heavy atom. The van der Waals surface area contributed by atoms with Crippen LogP contribution in [0, 0.1) is 18.3 Å². The number of hydrogen-bond acceptors (Lipinski definition) is 4. The van der Waals surface area contributed by atoms with E-state index in [1.165, 1.54) is 30.3 Å². The quantitative estimate of drug-likeness (QED) is 0.443. The lowest BCUT2D eigenvalue weighted by atomic mass is 10.1. The number of nitriles is 1. The Labute approximate surface area is 208 Å². The van der Waals surface area contributed by atoms with Gasteiger partial charge in [-0.05, 0) is 56.7 Å². The van der Waals surface area contributed by atoms with Gasteiger partial charge in [-0.25, -0.2) is 4.68 Å². The van der Waals surface area contributed by atoms with Gasteiger partial charge in [0, 0.05) is 17.1 Å². The smallest absolute Gasteiger partial charge is 0.350 e. The average Bonchev–Trinajstić information content (AvgIpc) is 3.21. The normalized spacial score (nSPS) is 11.3. The predicted octanol–water partition coefficient (Wildman–Crippen LogP) is 5.77. The second kappa shape index (κ2) is 9.98. The molecule has 0 fully saturated rings. The SMILES string of the molecule is Cc1cc(Cl)cc(C(=O)NC(C)C)c1NC(=O)c1cc(C(F)(F)F)nn1-c1cc(C#N)ccc1Cl. The number of aryl methyl sites for hydroxylation is 1. The molecule has 182 valence electrons. The third kappa shape index (κ3) is 5.75. The van der Waals surface area contributed by atoms with Gasteiger partial charge in [-0.2, -0.15) is 23.5 Å². The third-order valence-electron chi connectivity index (χ3n) is 4.74. The average molecular weight is 524 g/mol. The third-order valence-corrected chi connectivity index (χ3v) is 5.28. The van der Waals surface area contributed by atoms with Gasteiger partial charge in [-0.1, -0.05) is 23.2 Å². The van der Waals surface area contributed by atoms with Crippen molar-refractivity contribution in [3.8, 4) is 11.8 Å². The van der Waals surface area contributed by atoms with Crippen LogP contribution in [0.1, 0.15) is 51.5 Å². The Bertz CT molecular complexity index is 1360. The fourth-order valence-corrected chi connectivity index (χ4v) is 3.69. The number of rotatable bonds is 5. The van der Waals surface area contributed by atoms with Crippen molar-refractivity contribution in [3.05, 3.63) is 74.5 Å². The molecule has 2 aromatic carbocycles. The molecule has 2 N–H and O–H groups in total. The van der Waals surface area contributed by atoms with Gasteiger partial charge < -0.3 is 10.6 Å². The molecule has 7 nitrogen and oxygen atoms in total. The number of carbonyl (C=O) groups excluding carboxylic acids is 2. The van der Waals surface area contributed by atoms with Crippen molar-refractivity contribution >= 4 is 40.7 Å². The minimum absolute atomic E-state index is 0.0312. The summed E-state index contributed by atoms with van der Waals surface area (Å²) in [5.74, 6) is -1.52. The molecule has 3 rings (SSSR count). The molecule has 12 heteroatoms. The van der Waals surface area contributed by atoms with E-state index in [1.54, 1.807) is 20.8 Å². The van der Waals surface area contributed by atoms with E-state index in [0.29, 0.717) is 16.3 Å². The first-order chi connectivity index (χ1) is 16.3. The molecule has 3 aromatic rings. The largest absolute Gasteiger partial charge is 0.435 e. The zero-order chi connectivity index (χ0) is 26.1. The first-order valence-electron chi connectivity index (χ1n) is 10.1. The van der Waals surface area contributed by atoms with E-state index >= 15 is 0 Å². The van der Waals surface area contributed by atoms with Crippen LogP contribution in [0.4, 0.5) is 18.9 Å². The highest BCUT2D eigenvalue weighted by molar-refractivity contribution is 6.32. The summed E-state index contributed by atoms with van der Waals surface area (Å²) in [6.07, 6.45) is -4.86. The number of carbonyl (C=O) groups is 2. The molecule has 0 atom stereocenters. The first-order valence-corrected chi connectivity index (χ1v) is 10.9. The Kier molecular flexibility index (Phi) is 7.43. The van der Waals surface area contributed by atoms with Gasteiger partial charge in [0.2, 0.25) is 0 Å². The van der Waals surface area contributed by atoms with Gasteiger partial charge in [0.15, 0.2) is 5.69 Å². The van der Waals surface area contributed by atoms with Crippen molar-refractivity contribution < 1.29 is 22.8 Å². The Morgan fingerprint density at radius 3 is 2.40 bits per heavy atom. The van der Waals surface area contributed by atoms with Gasteiger partial charge in [0.1, 0.15) is 5.69 Å². The topological polar surface area (TPSA) is 99.8 Å². The minimum atomic E-state index is -4.86. The van der Waals surface area contributed by atoms with Crippen LogP contribution in [0.3, 0.4) is 0 Å². The lowest BCUT2D eigenvalue weighted by Gasteiger charge is -2.16. The number of aromatic nitrogens is 2. The monoisotopic (exact) mass is 523 g/mol. The van der Waals surface area contributed by atoms with Crippen LogP contribution in [-0.4, -0.2) is 27.6 Å². The maximum atomic E-state index is 13.5. The van der Waals surface area contributed by atoms with Crippen LogP contribution >= 0.6 is 23.2 Å². The van der Waals surface area contributed by atoms with Crippen molar-refractivity contribution in [2.75, 3.05) is 5.32 Å². The molecule has 0 radical (unpaired) electrons. The number of nitrogens with one attached hydrogen (secondary N) is 2.